The maximum absolute atomic E-state index is 15.7. The first-order valence-corrected chi connectivity index (χ1v) is 8.78. The van der Waals surface area contributed by atoms with Crippen LogP contribution in [0.15, 0.2) is 0 Å². The second kappa shape index (κ2) is 4.30. The second-order valence-corrected chi connectivity index (χ2v) is 8.24. The Morgan fingerprint density at radius 1 is 1.00 bits per heavy atom. The molecule has 0 aliphatic heterocycles. The number of rotatable bonds is 0. The SMILES string of the molecule is C[C@]12CCC3[C@@H](CC[C@@H]4CCCC[C@]34F)C1CCC2=O. The number of halogens is 1. The standard InChI is InChI=1S/C18H27FO/c1-17-11-9-15-13(14(17)7-8-16(17)20)6-5-12-4-2-3-10-18(12,15)19/h12-15H,2-11H2,1H3/t12-,13-,14?,15?,17-,18+/m0/s1. The lowest BCUT2D eigenvalue weighted by molar-refractivity contribution is -0.145. The predicted octanol–water partition coefficient (Wildman–Crippen LogP) is 4.69. The number of Topliss-reactive ketones (excluding diaryl/α,β-unsaturated/α-hetero) is 1. The van der Waals surface area contributed by atoms with E-state index in [1.165, 1.54) is 12.8 Å². The molecule has 0 aromatic rings. The lowest BCUT2D eigenvalue weighted by atomic mass is 9.49. The molecule has 4 rings (SSSR count). The minimum absolute atomic E-state index is 0.0982. The molecule has 6 atom stereocenters. The normalized spacial score (nSPS) is 55.0. The zero-order valence-corrected chi connectivity index (χ0v) is 12.7. The number of hydrogen-bond acceptors (Lipinski definition) is 1. The van der Waals surface area contributed by atoms with Crippen molar-refractivity contribution in [3.8, 4) is 0 Å². The number of carbonyl (C=O) groups is 1. The van der Waals surface area contributed by atoms with E-state index < -0.39 is 5.67 Å². The molecule has 1 nitrogen and oxygen atoms in total. The van der Waals surface area contributed by atoms with E-state index in [1.807, 2.05) is 0 Å². The van der Waals surface area contributed by atoms with Crippen molar-refractivity contribution in [1.82, 2.24) is 0 Å². The van der Waals surface area contributed by atoms with Crippen LogP contribution in [0.1, 0.15) is 71.1 Å². The summed E-state index contributed by atoms with van der Waals surface area (Å²) in [5.74, 6) is 2.06. The van der Waals surface area contributed by atoms with Crippen molar-refractivity contribution in [2.45, 2.75) is 76.8 Å². The van der Waals surface area contributed by atoms with Crippen LogP contribution in [0.3, 0.4) is 0 Å². The topological polar surface area (TPSA) is 17.1 Å². The maximum atomic E-state index is 15.7. The van der Waals surface area contributed by atoms with E-state index in [2.05, 4.69) is 6.92 Å². The van der Waals surface area contributed by atoms with Crippen LogP contribution in [-0.4, -0.2) is 11.5 Å². The number of hydrogen-bond donors (Lipinski definition) is 0. The summed E-state index contributed by atoms with van der Waals surface area (Å²) >= 11 is 0. The Bertz CT molecular complexity index is 433. The summed E-state index contributed by atoms with van der Waals surface area (Å²) in [5.41, 5.74) is -0.979. The van der Waals surface area contributed by atoms with Crippen molar-refractivity contribution in [2.24, 2.45) is 29.1 Å². The number of ketones is 1. The van der Waals surface area contributed by atoms with Gasteiger partial charge in [0.25, 0.3) is 0 Å². The third kappa shape index (κ3) is 1.57. The molecule has 0 spiro atoms. The molecule has 112 valence electrons. The van der Waals surface area contributed by atoms with Gasteiger partial charge >= 0.3 is 0 Å². The van der Waals surface area contributed by atoms with Crippen LogP contribution in [-0.2, 0) is 4.79 Å². The van der Waals surface area contributed by atoms with Gasteiger partial charge in [-0.2, -0.15) is 0 Å². The summed E-state index contributed by atoms with van der Waals surface area (Å²) in [6.07, 6.45) is 10.2. The third-order valence-corrected chi connectivity index (χ3v) is 7.65. The van der Waals surface area contributed by atoms with Crippen LogP contribution in [0.25, 0.3) is 0 Å². The van der Waals surface area contributed by atoms with Gasteiger partial charge in [0, 0.05) is 11.8 Å². The van der Waals surface area contributed by atoms with E-state index in [0.717, 1.165) is 51.4 Å². The molecule has 2 unspecified atom stereocenters. The summed E-state index contributed by atoms with van der Waals surface area (Å²) < 4.78 is 15.7. The molecular formula is C18H27FO. The summed E-state index contributed by atoms with van der Waals surface area (Å²) in [4.78, 5) is 12.3. The molecule has 20 heavy (non-hydrogen) atoms. The Hall–Kier alpha value is -0.400. The van der Waals surface area contributed by atoms with Crippen LogP contribution >= 0.6 is 0 Å². The molecule has 0 radical (unpaired) electrons. The van der Waals surface area contributed by atoms with Gasteiger partial charge in [-0.15, -0.1) is 0 Å². The number of carbonyl (C=O) groups excluding carboxylic acids is 1. The fraction of sp³-hybridized carbons (Fsp3) is 0.944. The van der Waals surface area contributed by atoms with E-state index in [1.54, 1.807) is 0 Å². The van der Waals surface area contributed by atoms with Gasteiger partial charge in [-0.3, -0.25) is 4.79 Å². The van der Waals surface area contributed by atoms with Gasteiger partial charge in [0.2, 0.25) is 0 Å². The Morgan fingerprint density at radius 2 is 1.85 bits per heavy atom. The van der Waals surface area contributed by atoms with Crippen molar-refractivity contribution in [1.29, 1.82) is 0 Å². The molecule has 0 saturated heterocycles. The van der Waals surface area contributed by atoms with Gasteiger partial charge in [0.15, 0.2) is 0 Å². The minimum atomic E-state index is -0.881. The first-order chi connectivity index (χ1) is 9.56. The number of fused-ring (bicyclic) bond motifs is 5. The molecule has 0 heterocycles. The summed E-state index contributed by atoms with van der Waals surface area (Å²) in [5, 5.41) is 0. The van der Waals surface area contributed by atoms with Crippen LogP contribution in [0.2, 0.25) is 0 Å². The van der Waals surface area contributed by atoms with E-state index in [-0.39, 0.29) is 11.3 Å². The molecule has 0 N–H and O–H groups in total. The van der Waals surface area contributed by atoms with E-state index in [4.69, 9.17) is 0 Å². The largest absolute Gasteiger partial charge is 0.299 e. The fourth-order valence-corrected chi connectivity index (χ4v) is 6.55. The average Bonchev–Trinajstić information content (AvgIpc) is 2.74. The summed E-state index contributed by atoms with van der Waals surface area (Å²) in [6, 6.07) is 0. The van der Waals surface area contributed by atoms with Crippen molar-refractivity contribution in [2.75, 3.05) is 0 Å². The van der Waals surface area contributed by atoms with Crippen molar-refractivity contribution in [3.05, 3.63) is 0 Å². The second-order valence-electron chi connectivity index (χ2n) is 8.24. The predicted molar refractivity (Wildman–Crippen MR) is 77.1 cm³/mol. The van der Waals surface area contributed by atoms with Crippen LogP contribution in [0.4, 0.5) is 4.39 Å². The molecule has 4 aliphatic carbocycles. The van der Waals surface area contributed by atoms with Gasteiger partial charge in [-0.25, -0.2) is 4.39 Å². The smallest absolute Gasteiger partial charge is 0.139 e. The molecule has 0 bridgehead atoms. The lowest BCUT2D eigenvalue weighted by Gasteiger charge is -2.56. The maximum Gasteiger partial charge on any atom is 0.139 e. The quantitative estimate of drug-likeness (QED) is 0.628. The van der Waals surface area contributed by atoms with Gasteiger partial charge in [-0.1, -0.05) is 19.8 Å². The van der Waals surface area contributed by atoms with Crippen molar-refractivity contribution < 1.29 is 9.18 Å². The minimum Gasteiger partial charge on any atom is -0.299 e. The highest BCUT2D eigenvalue weighted by molar-refractivity contribution is 5.87. The van der Waals surface area contributed by atoms with Crippen LogP contribution in [0.5, 0.6) is 0 Å². The van der Waals surface area contributed by atoms with Gasteiger partial charge < -0.3 is 0 Å². The first-order valence-electron chi connectivity index (χ1n) is 8.78. The molecule has 4 saturated carbocycles. The Kier molecular flexibility index (Phi) is 2.86. The Labute approximate surface area is 121 Å². The lowest BCUT2D eigenvalue weighted by Crippen LogP contribution is -2.55. The Balaban J connectivity index is 1.66. The molecule has 0 aromatic carbocycles. The van der Waals surface area contributed by atoms with Gasteiger partial charge in [0.05, 0.1) is 0 Å². The van der Waals surface area contributed by atoms with Crippen molar-refractivity contribution >= 4 is 5.78 Å². The molecule has 0 amide bonds. The Morgan fingerprint density at radius 3 is 2.70 bits per heavy atom. The van der Waals surface area contributed by atoms with Crippen LogP contribution in [0, 0.1) is 29.1 Å². The molecular weight excluding hydrogens is 251 g/mol. The molecule has 0 aromatic heterocycles. The highest BCUT2D eigenvalue weighted by Crippen LogP contribution is 2.63. The van der Waals surface area contributed by atoms with Gasteiger partial charge in [0.1, 0.15) is 11.5 Å². The van der Waals surface area contributed by atoms with E-state index in [0.29, 0.717) is 23.5 Å². The highest BCUT2D eigenvalue weighted by atomic mass is 19.1. The van der Waals surface area contributed by atoms with E-state index >= 15 is 4.39 Å². The van der Waals surface area contributed by atoms with Gasteiger partial charge in [-0.05, 0) is 68.6 Å². The van der Waals surface area contributed by atoms with Crippen molar-refractivity contribution in [3.63, 3.8) is 0 Å². The molecule has 4 aliphatic rings. The monoisotopic (exact) mass is 278 g/mol. The van der Waals surface area contributed by atoms with Crippen LogP contribution < -0.4 is 0 Å². The summed E-state index contributed by atoms with van der Waals surface area (Å²) in [7, 11) is 0. The zero-order chi connectivity index (χ0) is 14.0. The summed E-state index contributed by atoms with van der Waals surface area (Å²) in [6.45, 7) is 2.18. The molecule has 2 heteroatoms. The molecule has 4 fully saturated rings. The average molecular weight is 278 g/mol. The highest BCUT2D eigenvalue weighted by Gasteiger charge is 2.61. The fourth-order valence-electron chi connectivity index (χ4n) is 6.55. The zero-order valence-electron chi connectivity index (χ0n) is 12.7. The van der Waals surface area contributed by atoms with E-state index in [9.17, 15) is 4.79 Å². The third-order valence-electron chi connectivity index (χ3n) is 7.65. The first kappa shape index (κ1) is 13.3. The number of alkyl halides is 1.